The van der Waals surface area contributed by atoms with Crippen LogP contribution < -0.4 is 10.4 Å². The molecule has 3 aromatic rings. The highest BCUT2D eigenvalue weighted by molar-refractivity contribution is 6.24. The molecule has 0 atom stereocenters. The number of hydroxylamine groups is 1. The van der Waals surface area contributed by atoms with Crippen LogP contribution in [0, 0.1) is 5.82 Å². The summed E-state index contributed by atoms with van der Waals surface area (Å²) in [6, 6.07) is 9.46. The maximum Gasteiger partial charge on any atom is 0.277 e. The molecule has 2 amide bonds. The largest absolute Gasteiger partial charge is 0.337 e. The van der Waals surface area contributed by atoms with Crippen molar-refractivity contribution in [3.05, 3.63) is 83.7 Å². The first-order valence-electron chi connectivity index (χ1n) is 10.2. The van der Waals surface area contributed by atoms with Crippen molar-refractivity contribution in [1.29, 1.82) is 0 Å². The van der Waals surface area contributed by atoms with Crippen LogP contribution in [0.5, 0.6) is 0 Å². The Morgan fingerprint density at radius 1 is 0.970 bits per heavy atom. The molecule has 0 radical (unpaired) electrons. The van der Waals surface area contributed by atoms with E-state index in [2.05, 4.69) is 15.0 Å². The Morgan fingerprint density at radius 2 is 1.67 bits per heavy atom. The number of hydrogen-bond acceptors (Lipinski definition) is 7. The van der Waals surface area contributed by atoms with E-state index in [0.29, 0.717) is 43.3 Å². The summed E-state index contributed by atoms with van der Waals surface area (Å²) in [5.41, 5.74) is 3.51. The second-order valence-corrected chi connectivity index (χ2v) is 7.34. The van der Waals surface area contributed by atoms with Crippen LogP contribution in [0.15, 0.2) is 61.2 Å². The van der Waals surface area contributed by atoms with E-state index in [0.717, 1.165) is 5.56 Å². The SMILES string of the molecule is O=C(NO)c1cnc(N2CCN(C(=O)/C(=C/c3cccnc3)c3ccc(F)cc3)CC2)nc1. The fraction of sp³-hybridized carbons (Fsp3) is 0.174. The van der Waals surface area contributed by atoms with Gasteiger partial charge in [-0.1, -0.05) is 18.2 Å². The highest BCUT2D eigenvalue weighted by Gasteiger charge is 2.25. The van der Waals surface area contributed by atoms with Gasteiger partial charge in [0.25, 0.3) is 11.8 Å². The number of rotatable bonds is 5. The van der Waals surface area contributed by atoms with Gasteiger partial charge in [0.15, 0.2) is 0 Å². The number of nitrogens with one attached hydrogen (secondary N) is 1. The average molecular weight is 448 g/mol. The molecule has 1 aliphatic heterocycles. The first-order valence-corrected chi connectivity index (χ1v) is 10.2. The van der Waals surface area contributed by atoms with Crippen molar-refractivity contribution in [2.24, 2.45) is 0 Å². The molecule has 1 fully saturated rings. The highest BCUT2D eigenvalue weighted by atomic mass is 19.1. The topological polar surface area (TPSA) is 112 Å². The van der Waals surface area contributed by atoms with Gasteiger partial charge in [-0.05, 0) is 35.4 Å². The second kappa shape index (κ2) is 9.96. The van der Waals surface area contributed by atoms with Crippen LogP contribution in [-0.2, 0) is 4.79 Å². The number of pyridine rings is 1. The van der Waals surface area contributed by atoms with Crippen molar-refractivity contribution in [3.63, 3.8) is 0 Å². The summed E-state index contributed by atoms with van der Waals surface area (Å²) in [7, 11) is 0. The van der Waals surface area contributed by atoms with Crippen LogP contribution in [0.1, 0.15) is 21.5 Å². The normalized spacial score (nSPS) is 14.2. The lowest BCUT2D eigenvalue weighted by atomic mass is 10.0. The van der Waals surface area contributed by atoms with E-state index in [1.807, 2.05) is 11.0 Å². The minimum absolute atomic E-state index is 0.138. The second-order valence-electron chi connectivity index (χ2n) is 7.34. The standard InChI is InChI=1S/C23H21FN6O3/c24-19-5-3-17(4-6-19)20(12-16-2-1-7-25-13-16)22(32)29-8-10-30(11-9-29)23-26-14-18(15-27-23)21(31)28-33/h1-7,12-15,33H,8-11H2,(H,28,31)/b20-12+. The molecule has 0 saturated carbocycles. The zero-order valence-electron chi connectivity index (χ0n) is 17.6. The van der Waals surface area contributed by atoms with Gasteiger partial charge in [-0.25, -0.2) is 19.8 Å². The molecule has 1 aliphatic rings. The van der Waals surface area contributed by atoms with E-state index < -0.39 is 5.91 Å². The van der Waals surface area contributed by atoms with E-state index in [9.17, 15) is 14.0 Å². The number of benzene rings is 1. The summed E-state index contributed by atoms with van der Waals surface area (Å²) >= 11 is 0. The third-order valence-corrected chi connectivity index (χ3v) is 5.23. The number of anilines is 1. The molecule has 2 aromatic heterocycles. The van der Waals surface area contributed by atoms with Crippen LogP contribution in [0.2, 0.25) is 0 Å². The Morgan fingerprint density at radius 3 is 2.27 bits per heavy atom. The van der Waals surface area contributed by atoms with Crippen LogP contribution in [0.4, 0.5) is 10.3 Å². The smallest absolute Gasteiger partial charge is 0.277 e. The van der Waals surface area contributed by atoms with E-state index >= 15 is 0 Å². The molecule has 1 aromatic carbocycles. The molecule has 168 valence electrons. The zero-order valence-corrected chi connectivity index (χ0v) is 17.6. The van der Waals surface area contributed by atoms with Crippen LogP contribution in [0.25, 0.3) is 11.6 Å². The maximum absolute atomic E-state index is 13.4. The lowest BCUT2D eigenvalue weighted by molar-refractivity contribution is -0.125. The molecule has 0 unspecified atom stereocenters. The molecular weight excluding hydrogens is 427 g/mol. The highest BCUT2D eigenvalue weighted by Crippen LogP contribution is 2.23. The van der Waals surface area contributed by atoms with Crippen molar-refractivity contribution in [2.75, 3.05) is 31.1 Å². The van der Waals surface area contributed by atoms with Crippen LogP contribution in [-0.4, -0.2) is 63.1 Å². The lowest BCUT2D eigenvalue weighted by Crippen LogP contribution is -2.49. The molecule has 2 N–H and O–H groups in total. The summed E-state index contributed by atoms with van der Waals surface area (Å²) < 4.78 is 13.4. The Kier molecular flexibility index (Phi) is 6.65. The summed E-state index contributed by atoms with van der Waals surface area (Å²) in [4.78, 5) is 40.9. The summed E-state index contributed by atoms with van der Waals surface area (Å²) in [5.74, 6) is -0.795. The van der Waals surface area contributed by atoms with Gasteiger partial charge in [-0.3, -0.25) is 19.8 Å². The Labute approximate surface area is 189 Å². The fourth-order valence-corrected chi connectivity index (χ4v) is 3.47. The molecule has 4 rings (SSSR count). The number of carbonyl (C=O) groups excluding carboxylic acids is 2. The van der Waals surface area contributed by atoms with Gasteiger partial charge in [0.2, 0.25) is 5.95 Å². The first-order chi connectivity index (χ1) is 16.0. The first kappa shape index (κ1) is 22.0. The van der Waals surface area contributed by atoms with E-state index in [1.54, 1.807) is 41.6 Å². The van der Waals surface area contributed by atoms with Crippen molar-refractivity contribution >= 4 is 29.4 Å². The molecular formula is C23H21FN6O3. The van der Waals surface area contributed by atoms with E-state index in [1.165, 1.54) is 30.0 Å². The number of hydrogen-bond donors (Lipinski definition) is 2. The van der Waals surface area contributed by atoms with E-state index in [-0.39, 0.29) is 17.3 Å². The van der Waals surface area contributed by atoms with Gasteiger partial charge in [0.05, 0.1) is 5.56 Å². The van der Waals surface area contributed by atoms with Gasteiger partial charge in [0, 0.05) is 56.5 Å². The third kappa shape index (κ3) is 5.18. The fourth-order valence-electron chi connectivity index (χ4n) is 3.47. The summed E-state index contributed by atoms with van der Waals surface area (Å²) in [6.45, 7) is 1.88. The number of nitrogens with zero attached hydrogens (tertiary/aromatic N) is 5. The van der Waals surface area contributed by atoms with Gasteiger partial charge in [0.1, 0.15) is 5.82 Å². The van der Waals surface area contributed by atoms with Crippen molar-refractivity contribution < 1.29 is 19.2 Å². The molecule has 0 bridgehead atoms. The molecule has 0 aliphatic carbocycles. The predicted octanol–water partition coefficient (Wildman–Crippen LogP) is 2.02. The molecule has 9 nitrogen and oxygen atoms in total. The Bertz CT molecular complexity index is 1150. The molecule has 3 heterocycles. The van der Waals surface area contributed by atoms with Crippen LogP contribution in [0.3, 0.4) is 0 Å². The molecule has 0 spiro atoms. The quantitative estimate of drug-likeness (QED) is 0.349. The summed E-state index contributed by atoms with van der Waals surface area (Å²) in [5, 5.41) is 8.69. The maximum atomic E-state index is 13.4. The van der Waals surface area contributed by atoms with Gasteiger partial charge < -0.3 is 9.80 Å². The number of aromatic nitrogens is 3. The van der Waals surface area contributed by atoms with Crippen LogP contribution >= 0.6 is 0 Å². The van der Waals surface area contributed by atoms with Crippen molar-refractivity contribution in [3.8, 4) is 0 Å². The zero-order chi connectivity index (χ0) is 23.2. The Balaban J connectivity index is 1.50. The average Bonchev–Trinajstić information content (AvgIpc) is 2.88. The van der Waals surface area contributed by atoms with Crippen molar-refractivity contribution in [2.45, 2.75) is 0 Å². The number of halogens is 1. The van der Waals surface area contributed by atoms with Gasteiger partial charge >= 0.3 is 0 Å². The van der Waals surface area contributed by atoms with Gasteiger partial charge in [-0.2, -0.15) is 0 Å². The summed E-state index contributed by atoms with van der Waals surface area (Å²) in [6.07, 6.45) is 7.72. The number of carbonyl (C=O) groups is 2. The predicted molar refractivity (Wildman–Crippen MR) is 119 cm³/mol. The number of piperazine rings is 1. The minimum atomic E-state index is -0.689. The minimum Gasteiger partial charge on any atom is -0.337 e. The molecule has 10 heteroatoms. The monoisotopic (exact) mass is 448 g/mol. The molecule has 1 saturated heterocycles. The van der Waals surface area contributed by atoms with Crippen molar-refractivity contribution in [1.82, 2.24) is 25.3 Å². The lowest BCUT2D eigenvalue weighted by Gasteiger charge is -2.35. The van der Waals surface area contributed by atoms with E-state index in [4.69, 9.17) is 5.21 Å². The molecule has 33 heavy (non-hydrogen) atoms. The third-order valence-electron chi connectivity index (χ3n) is 5.23. The van der Waals surface area contributed by atoms with Gasteiger partial charge in [-0.15, -0.1) is 0 Å². The number of amides is 2. The Hall–Kier alpha value is -4.18.